The largest absolute Gasteiger partial charge is 0.492 e. The first-order valence-corrected chi connectivity index (χ1v) is 7.48. The SMILES string of the molecule is Cn1c(=O)c2c(nc(Cl)n2CCOc2ccc(F)cc2)n(C)c1=O. The zero-order valence-electron chi connectivity index (χ0n) is 13.0. The van der Waals surface area contributed by atoms with Crippen molar-refractivity contribution in [1.29, 1.82) is 0 Å². The maximum Gasteiger partial charge on any atom is 0.332 e. The first kappa shape index (κ1) is 16.3. The molecule has 2 heterocycles. The molecule has 3 aromatic rings. The second kappa shape index (κ2) is 6.12. The van der Waals surface area contributed by atoms with Gasteiger partial charge < -0.3 is 9.30 Å². The van der Waals surface area contributed by atoms with Crippen molar-refractivity contribution in [3.63, 3.8) is 0 Å². The van der Waals surface area contributed by atoms with E-state index in [0.717, 1.165) is 4.57 Å². The molecule has 0 aliphatic rings. The minimum Gasteiger partial charge on any atom is -0.492 e. The third-order valence-corrected chi connectivity index (χ3v) is 3.99. The van der Waals surface area contributed by atoms with E-state index in [1.54, 1.807) is 0 Å². The molecule has 7 nitrogen and oxygen atoms in total. The summed E-state index contributed by atoms with van der Waals surface area (Å²) < 4.78 is 22.1. The van der Waals surface area contributed by atoms with Crippen LogP contribution >= 0.6 is 11.6 Å². The van der Waals surface area contributed by atoms with Gasteiger partial charge in [0.25, 0.3) is 5.56 Å². The molecule has 0 fully saturated rings. The van der Waals surface area contributed by atoms with Crippen LogP contribution in [0.3, 0.4) is 0 Å². The van der Waals surface area contributed by atoms with Crippen molar-refractivity contribution in [2.24, 2.45) is 14.1 Å². The quantitative estimate of drug-likeness (QED) is 0.664. The predicted molar refractivity (Wildman–Crippen MR) is 87.1 cm³/mol. The van der Waals surface area contributed by atoms with E-state index in [4.69, 9.17) is 16.3 Å². The zero-order chi connectivity index (χ0) is 17.4. The molecule has 0 amide bonds. The summed E-state index contributed by atoms with van der Waals surface area (Å²) in [5.41, 5.74) is -0.507. The van der Waals surface area contributed by atoms with Gasteiger partial charge >= 0.3 is 5.69 Å². The summed E-state index contributed by atoms with van der Waals surface area (Å²) in [5, 5.41) is 0.0889. The summed E-state index contributed by atoms with van der Waals surface area (Å²) in [6.45, 7) is 0.447. The summed E-state index contributed by atoms with van der Waals surface area (Å²) in [6.07, 6.45) is 0. The molecule has 0 N–H and O–H groups in total. The van der Waals surface area contributed by atoms with E-state index < -0.39 is 11.2 Å². The maximum absolute atomic E-state index is 12.9. The Morgan fingerprint density at radius 2 is 1.83 bits per heavy atom. The van der Waals surface area contributed by atoms with E-state index in [0.29, 0.717) is 5.75 Å². The number of hydrogen-bond acceptors (Lipinski definition) is 4. The molecule has 0 aliphatic heterocycles. The number of halogens is 2. The molecular weight excluding hydrogens is 339 g/mol. The van der Waals surface area contributed by atoms with Gasteiger partial charge in [0.2, 0.25) is 5.28 Å². The molecule has 0 aliphatic carbocycles. The van der Waals surface area contributed by atoms with Crippen LogP contribution in [0.25, 0.3) is 11.2 Å². The van der Waals surface area contributed by atoms with Gasteiger partial charge in [-0.2, -0.15) is 4.98 Å². The van der Waals surface area contributed by atoms with Crippen molar-refractivity contribution >= 4 is 22.8 Å². The molecule has 126 valence electrons. The smallest absolute Gasteiger partial charge is 0.332 e. The molecule has 0 unspecified atom stereocenters. The van der Waals surface area contributed by atoms with Crippen LogP contribution in [0.1, 0.15) is 0 Å². The van der Waals surface area contributed by atoms with E-state index in [9.17, 15) is 14.0 Å². The van der Waals surface area contributed by atoms with E-state index in [1.807, 2.05) is 0 Å². The zero-order valence-corrected chi connectivity index (χ0v) is 13.7. The molecule has 0 saturated heterocycles. The highest BCUT2D eigenvalue weighted by atomic mass is 35.5. The van der Waals surface area contributed by atoms with Gasteiger partial charge in [-0.05, 0) is 35.9 Å². The molecule has 2 aromatic heterocycles. The van der Waals surface area contributed by atoms with Gasteiger partial charge in [-0.3, -0.25) is 13.9 Å². The molecule has 0 atom stereocenters. The summed E-state index contributed by atoms with van der Waals surface area (Å²) >= 11 is 6.10. The van der Waals surface area contributed by atoms with Crippen LogP contribution in [-0.4, -0.2) is 25.3 Å². The second-order valence-corrected chi connectivity index (χ2v) is 5.55. The molecule has 24 heavy (non-hydrogen) atoms. The summed E-state index contributed by atoms with van der Waals surface area (Å²) in [5.74, 6) is 0.146. The minimum atomic E-state index is -0.478. The van der Waals surface area contributed by atoms with Gasteiger partial charge in [0.15, 0.2) is 11.2 Å². The third-order valence-electron chi connectivity index (χ3n) is 3.70. The van der Waals surface area contributed by atoms with E-state index in [-0.39, 0.29) is 35.4 Å². The Balaban J connectivity index is 1.92. The Morgan fingerprint density at radius 3 is 2.50 bits per heavy atom. The third kappa shape index (κ3) is 2.69. The summed E-state index contributed by atoms with van der Waals surface area (Å²) in [7, 11) is 2.91. The Hall–Kier alpha value is -2.61. The first-order chi connectivity index (χ1) is 11.4. The molecule has 0 radical (unpaired) electrons. The average molecular weight is 353 g/mol. The lowest BCUT2D eigenvalue weighted by Crippen LogP contribution is -2.37. The molecular formula is C15H14ClFN4O3. The summed E-state index contributed by atoms with van der Waals surface area (Å²) in [6, 6.07) is 5.60. The van der Waals surface area contributed by atoms with E-state index in [1.165, 1.54) is 47.5 Å². The highest BCUT2D eigenvalue weighted by Crippen LogP contribution is 2.16. The Labute approximate surface area is 140 Å². The second-order valence-electron chi connectivity index (χ2n) is 5.21. The van der Waals surface area contributed by atoms with Crippen molar-refractivity contribution < 1.29 is 9.13 Å². The number of aromatic nitrogens is 4. The van der Waals surface area contributed by atoms with Crippen molar-refractivity contribution in [1.82, 2.24) is 18.7 Å². The van der Waals surface area contributed by atoms with Crippen molar-refractivity contribution in [3.8, 4) is 5.75 Å². The Kier molecular flexibility index (Phi) is 4.15. The molecule has 0 spiro atoms. The Morgan fingerprint density at radius 1 is 1.17 bits per heavy atom. The maximum atomic E-state index is 12.9. The van der Waals surface area contributed by atoms with Crippen molar-refractivity contribution in [2.75, 3.05) is 6.61 Å². The lowest BCUT2D eigenvalue weighted by molar-refractivity contribution is 0.299. The van der Waals surface area contributed by atoms with Crippen LogP contribution in [-0.2, 0) is 20.6 Å². The van der Waals surface area contributed by atoms with Crippen molar-refractivity contribution in [2.45, 2.75) is 6.54 Å². The summed E-state index contributed by atoms with van der Waals surface area (Å²) in [4.78, 5) is 28.4. The van der Waals surface area contributed by atoms with Crippen LogP contribution in [0.15, 0.2) is 33.9 Å². The van der Waals surface area contributed by atoms with Crippen molar-refractivity contribution in [3.05, 3.63) is 56.2 Å². The standard InChI is InChI=1S/C15H14ClFN4O3/c1-19-12-11(13(22)20(2)15(19)23)21(14(16)18-12)7-8-24-10-5-3-9(17)4-6-10/h3-6H,7-8H2,1-2H3. The monoisotopic (exact) mass is 352 g/mol. The van der Waals surface area contributed by atoms with E-state index in [2.05, 4.69) is 4.98 Å². The number of rotatable bonds is 4. The van der Waals surface area contributed by atoms with Gasteiger partial charge in [-0.1, -0.05) is 0 Å². The molecule has 1 aromatic carbocycles. The predicted octanol–water partition coefficient (Wildman–Crippen LogP) is 1.31. The fourth-order valence-corrected chi connectivity index (χ4v) is 2.66. The number of nitrogens with zero attached hydrogens (tertiary/aromatic N) is 4. The van der Waals surface area contributed by atoms with E-state index >= 15 is 0 Å². The van der Waals surface area contributed by atoms with Gasteiger partial charge in [0, 0.05) is 14.1 Å². The number of fused-ring (bicyclic) bond motifs is 1. The van der Waals surface area contributed by atoms with Gasteiger partial charge in [0.1, 0.15) is 18.2 Å². The molecule has 9 heteroatoms. The van der Waals surface area contributed by atoms with Gasteiger partial charge in [-0.15, -0.1) is 0 Å². The topological polar surface area (TPSA) is 71.0 Å². The van der Waals surface area contributed by atoms with Crippen LogP contribution in [0.4, 0.5) is 4.39 Å². The number of hydrogen-bond donors (Lipinski definition) is 0. The minimum absolute atomic E-state index is 0.0889. The fourth-order valence-electron chi connectivity index (χ4n) is 2.41. The number of ether oxygens (including phenoxy) is 1. The number of imidazole rings is 1. The highest BCUT2D eigenvalue weighted by molar-refractivity contribution is 6.29. The molecule has 0 bridgehead atoms. The number of benzene rings is 1. The van der Waals surface area contributed by atoms with Crippen LogP contribution in [0, 0.1) is 5.82 Å². The van der Waals surface area contributed by atoms with Crippen LogP contribution < -0.4 is 16.0 Å². The Bertz CT molecular complexity index is 1020. The van der Waals surface area contributed by atoms with Crippen LogP contribution in [0.2, 0.25) is 5.28 Å². The lowest BCUT2D eigenvalue weighted by Gasteiger charge is -2.09. The van der Waals surface area contributed by atoms with Crippen LogP contribution in [0.5, 0.6) is 5.75 Å². The lowest BCUT2D eigenvalue weighted by atomic mass is 10.3. The molecule has 0 saturated carbocycles. The fraction of sp³-hybridized carbons (Fsp3) is 0.267. The normalized spacial score (nSPS) is 11.2. The average Bonchev–Trinajstić information content (AvgIpc) is 2.90. The molecule has 3 rings (SSSR count). The number of aryl methyl sites for hydroxylation is 1. The first-order valence-electron chi connectivity index (χ1n) is 7.10. The van der Waals surface area contributed by atoms with Gasteiger partial charge in [-0.25, -0.2) is 9.18 Å². The highest BCUT2D eigenvalue weighted by Gasteiger charge is 2.17. The van der Waals surface area contributed by atoms with Gasteiger partial charge in [0.05, 0.1) is 6.54 Å².